The van der Waals surface area contributed by atoms with Crippen LogP contribution in [0, 0.1) is 0 Å². The molecule has 3 rings (SSSR count). The number of anilines is 2. The molecule has 0 saturated carbocycles. The molecule has 0 bridgehead atoms. The average Bonchev–Trinajstić information content (AvgIpc) is 2.67. The van der Waals surface area contributed by atoms with Crippen LogP contribution in [0.2, 0.25) is 0 Å². The molecule has 0 aliphatic carbocycles. The molecule has 26 heavy (non-hydrogen) atoms. The molecule has 1 aromatic carbocycles. The first-order chi connectivity index (χ1) is 12.7. The van der Waals surface area contributed by atoms with Crippen LogP contribution >= 0.6 is 0 Å². The molecule has 2 aromatic heterocycles. The molecule has 0 spiro atoms. The number of methoxy groups -OCH3 is 2. The molecule has 8 heteroatoms. The van der Waals surface area contributed by atoms with Crippen LogP contribution in [-0.2, 0) is 4.74 Å². The fourth-order valence-electron chi connectivity index (χ4n) is 2.49. The molecule has 0 atom stereocenters. The van der Waals surface area contributed by atoms with Crippen molar-refractivity contribution in [1.82, 2.24) is 15.0 Å². The molecule has 134 valence electrons. The van der Waals surface area contributed by atoms with Gasteiger partial charge in [-0.2, -0.15) is 0 Å². The summed E-state index contributed by atoms with van der Waals surface area (Å²) in [5.74, 6) is 1.19. The Balaban J connectivity index is 2.06. The summed E-state index contributed by atoms with van der Waals surface area (Å²) in [6.07, 6.45) is 4.47. The summed E-state index contributed by atoms with van der Waals surface area (Å²) in [6.45, 7) is 2.03. The van der Waals surface area contributed by atoms with Crippen molar-refractivity contribution in [2.45, 2.75) is 6.92 Å². The van der Waals surface area contributed by atoms with Crippen molar-refractivity contribution in [3.63, 3.8) is 0 Å². The molecular weight excluding hydrogens is 336 g/mol. The lowest BCUT2D eigenvalue weighted by atomic mass is 10.2. The van der Waals surface area contributed by atoms with Gasteiger partial charge in [-0.3, -0.25) is 4.98 Å². The summed E-state index contributed by atoms with van der Waals surface area (Å²) in [6, 6.07) is 5.22. The summed E-state index contributed by atoms with van der Waals surface area (Å²) in [5.41, 5.74) is 1.53. The predicted molar refractivity (Wildman–Crippen MR) is 96.1 cm³/mol. The molecule has 2 heterocycles. The van der Waals surface area contributed by atoms with Crippen LogP contribution in [0.15, 0.2) is 36.9 Å². The highest BCUT2D eigenvalue weighted by Crippen LogP contribution is 2.34. The van der Waals surface area contributed by atoms with Gasteiger partial charge < -0.3 is 19.5 Å². The number of esters is 1. The van der Waals surface area contributed by atoms with Crippen molar-refractivity contribution in [2.75, 3.05) is 26.1 Å². The number of carbonyl (C=O) groups is 1. The normalized spacial score (nSPS) is 10.4. The third-order valence-corrected chi connectivity index (χ3v) is 3.71. The standard InChI is InChI=1S/C18H18N4O4/c1-4-26-18(23)12-9-19-6-5-13(12)22-17-11-7-15(24-2)16(25-3)8-14(11)20-10-21-17/h5-10H,4H2,1-3H3,(H,19,20,21,22). The minimum Gasteiger partial charge on any atom is -0.493 e. The van der Waals surface area contributed by atoms with Gasteiger partial charge >= 0.3 is 5.97 Å². The maximum Gasteiger partial charge on any atom is 0.341 e. The topological polar surface area (TPSA) is 95.5 Å². The number of hydrogen-bond acceptors (Lipinski definition) is 8. The van der Waals surface area contributed by atoms with E-state index in [0.717, 1.165) is 5.39 Å². The Kier molecular flexibility index (Phi) is 5.12. The van der Waals surface area contributed by atoms with Gasteiger partial charge in [-0.25, -0.2) is 14.8 Å². The largest absolute Gasteiger partial charge is 0.493 e. The maximum absolute atomic E-state index is 12.1. The number of benzene rings is 1. The summed E-state index contributed by atoms with van der Waals surface area (Å²) in [4.78, 5) is 24.7. The Morgan fingerprint density at radius 1 is 1.15 bits per heavy atom. The highest BCUT2D eigenvalue weighted by molar-refractivity contribution is 5.98. The number of hydrogen-bond donors (Lipinski definition) is 1. The van der Waals surface area contributed by atoms with Crippen molar-refractivity contribution < 1.29 is 19.0 Å². The number of nitrogens with zero attached hydrogens (tertiary/aromatic N) is 3. The molecule has 0 amide bonds. The number of ether oxygens (including phenoxy) is 3. The van der Waals surface area contributed by atoms with E-state index in [1.807, 2.05) is 0 Å². The fourth-order valence-corrected chi connectivity index (χ4v) is 2.49. The van der Waals surface area contributed by atoms with Gasteiger partial charge in [-0.1, -0.05) is 0 Å². The second-order valence-corrected chi connectivity index (χ2v) is 5.21. The lowest BCUT2D eigenvalue weighted by Gasteiger charge is -2.13. The van der Waals surface area contributed by atoms with Gasteiger partial charge in [0.05, 0.1) is 32.0 Å². The van der Waals surface area contributed by atoms with E-state index in [4.69, 9.17) is 14.2 Å². The lowest BCUT2D eigenvalue weighted by Crippen LogP contribution is -2.09. The van der Waals surface area contributed by atoms with Gasteiger partial charge in [0, 0.05) is 23.8 Å². The summed E-state index contributed by atoms with van der Waals surface area (Å²) >= 11 is 0. The number of nitrogens with one attached hydrogen (secondary N) is 1. The van der Waals surface area contributed by atoms with Crippen LogP contribution < -0.4 is 14.8 Å². The first kappa shape index (κ1) is 17.4. The van der Waals surface area contributed by atoms with E-state index in [-0.39, 0.29) is 6.61 Å². The van der Waals surface area contributed by atoms with E-state index in [1.54, 1.807) is 45.5 Å². The monoisotopic (exact) mass is 354 g/mol. The second-order valence-electron chi connectivity index (χ2n) is 5.21. The van der Waals surface area contributed by atoms with Gasteiger partial charge in [0.2, 0.25) is 0 Å². The van der Waals surface area contributed by atoms with E-state index < -0.39 is 5.97 Å². The fraction of sp³-hybridized carbons (Fsp3) is 0.222. The van der Waals surface area contributed by atoms with Gasteiger partial charge in [0.25, 0.3) is 0 Å². The number of rotatable bonds is 6. The van der Waals surface area contributed by atoms with Crippen LogP contribution in [0.25, 0.3) is 10.9 Å². The Morgan fingerprint density at radius 2 is 1.92 bits per heavy atom. The van der Waals surface area contributed by atoms with Gasteiger partial charge in [0.1, 0.15) is 17.7 Å². The summed E-state index contributed by atoms with van der Waals surface area (Å²) < 4.78 is 15.7. The van der Waals surface area contributed by atoms with Crippen LogP contribution in [0.5, 0.6) is 11.5 Å². The molecule has 0 unspecified atom stereocenters. The zero-order chi connectivity index (χ0) is 18.5. The quantitative estimate of drug-likeness (QED) is 0.675. The first-order valence-corrected chi connectivity index (χ1v) is 7.92. The molecule has 0 radical (unpaired) electrons. The van der Waals surface area contributed by atoms with Crippen molar-refractivity contribution in [1.29, 1.82) is 0 Å². The van der Waals surface area contributed by atoms with Crippen molar-refractivity contribution in [3.8, 4) is 11.5 Å². The van der Waals surface area contributed by atoms with Crippen molar-refractivity contribution in [2.24, 2.45) is 0 Å². The smallest absolute Gasteiger partial charge is 0.341 e. The van der Waals surface area contributed by atoms with Crippen molar-refractivity contribution in [3.05, 3.63) is 42.5 Å². The predicted octanol–water partition coefficient (Wildman–Crippen LogP) is 2.96. The van der Waals surface area contributed by atoms with Crippen LogP contribution in [-0.4, -0.2) is 41.7 Å². The Bertz CT molecular complexity index is 946. The van der Waals surface area contributed by atoms with Gasteiger partial charge in [0.15, 0.2) is 11.5 Å². The minimum absolute atomic E-state index is 0.278. The number of aromatic nitrogens is 3. The van der Waals surface area contributed by atoms with Crippen LogP contribution in [0.1, 0.15) is 17.3 Å². The van der Waals surface area contributed by atoms with Crippen LogP contribution in [0.4, 0.5) is 11.5 Å². The maximum atomic E-state index is 12.1. The first-order valence-electron chi connectivity index (χ1n) is 7.92. The van der Waals surface area contributed by atoms with E-state index >= 15 is 0 Å². The second kappa shape index (κ2) is 7.64. The van der Waals surface area contributed by atoms with E-state index in [2.05, 4.69) is 20.3 Å². The molecule has 1 N–H and O–H groups in total. The molecular formula is C18H18N4O4. The van der Waals surface area contributed by atoms with E-state index in [1.165, 1.54) is 12.5 Å². The molecule has 0 saturated heterocycles. The molecule has 0 aliphatic heterocycles. The lowest BCUT2D eigenvalue weighted by molar-refractivity contribution is 0.0527. The highest BCUT2D eigenvalue weighted by Gasteiger charge is 2.15. The Morgan fingerprint density at radius 3 is 2.65 bits per heavy atom. The Labute approximate surface area is 150 Å². The number of carbonyl (C=O) groups excluding carboxylic acids is 1. The average molecular weight is 354 g/mol. The van der Waals surface area contributed by atoms with E-state index in [9.17, 15) is 4.79 Å². The van der Waals surface area contributed by atoms with Crippen LogP contribution in [0.3, 0.4) is 0 Å². The molecule has 8 nitrogen and oxygen atoms in total. The van der Waals surface area contributed by atoms with Gasteiger partial charge in [-0.15, -0.1) is 0 Å². The van der Waals surface area contributed by atoms with Gasteiger partial charge in [-0.05, 0) is 19.1 Å². The SMILES string of the molecule is CCOC(=O)c1cnccc1Nc1ncnc2cc(OC)c(OC)cc12. The summed E-state index contributed by atoms with van der Waals surface area (Å²) in [5, 5.41) is 3.87. The Hall–Kier alpha value is -3.42. The third-order valence-electron chi connectivity index (χ3n) is 3.71. The third kappa shape index (κ3) is 3.34. The zero-order valence-electron chi connectivity index (χ0n) is 14.6. The number of pyridine rings is 1. The molecule has 3 aromatic rings. The van der Waals surface area contributed by atoms with Crippen molar-refractivity contribution >= 4 is 28.4 Å². The summed E-state index contributed by atoms with van der Waals surface area (Å²) in [7, 11) is 3.12. The molecule has 0 fully saturated rings. The highest BCUT2D eigenvalue weighted by atomic mass is 16.5. The zero-order valence-corrected chi connectivity index (χ0v) is 14.6. The number of fused-ring (bicyclic) bond motifs is 1. The minimum atomic E-state index is -0.458. The molecule has 0 aliphatic rings. The van der Waals surface area contributed by atoms with E-state index in [0.29, 0.717) is 34.1 Å².